The van der Waals surface area contributed by atoms with Crippen LogP contribution in [-0.2, 0) is 13.0 Å². The molecule has 0 aliphatic rings. The standard InChI is InChI=1S/C22H20N4OS/c1-27-20-10-8-16(9-11-20)13-19-3-2-12-24-21(19)25-14-17-4-6-18(7-5-17)15-26-22(23)28/h2-12H,13,15H2,1H3,(H2-,23,26,28)/p+1. The molecule has 0 spiro atoms. The fourth-order valence-electron chi connectivity index (χ4n) is 2.64. The van der Waals surface area contributed by atoms with Crippen molar-refractivity contribution in [1.29, 1.82) is 0 Å². The molecule has 5 nitrogen and oxygen atoms in total. The molecule has 0 unspecified atom stereocenters. The molecular formula is C22H21N4OS+. The van der Waals surface area contributed by atoms with Crippen LogP contribution >= 0.6 is 12.2 Å². The molecule has 1 aromatic heterocycles. The minimum absolute atomic E-state index is 0.289. The van der Waals surface area contributed by atoms with E-state index in [2.05, 4.69) is 21.2 Å². The molecule has 6 heteroatoms. The molecule has 0 fully saturated rings. The average molecular weight is 390 g/mol. The van der Waals surface area contributed by atoms with Crippen molar-refractivity contribution >= 4 is 23.1 Å². The Hall–Kier alpha value is -3.43. The topological polar surface area (TPSA) is 64.5 Å². The molecule has 0 radical (unpaired) electrons. The van der Waals surface area contributed by atoms with E-state index in [0.29, 0.717) is 12.4 Å². The molecule has 1 heterocycles. The van der Waals surface area contributed by atoms with Gasteiger partial charge in [0.2, 0.25) is 0 Å². The van der Waals surface area contributed by atoms with Crippen molar-refractivity contribution in [2.75, 3.05) is 7.11 Å². The predicted octanol–water partition coefficient (Wildman–Crippen LogP) is 4.03. The Balaban J connectivity index is 1.73. The van der Waals surface area contributed by atoms with Crippen molar-refractivity contribution in [1.82, 2.24) is 10.3 Å². The Kier molecular flexibility index (Phi) is 6.55. The second-order valence-electron chi connectivity index (χ2n) is 6.15. The maximum Gasteiger partial charge on any atom is 0.429 e. The van der Waals surface area contributed by atoms with Gasteiger partial charge < -0.3 is 15.8 Å². The third-order valence-electron chi connectivity index (χ3n) is 4.13. The normalized spacial score (nSPS) is 9.89. The van der Waals surface area contributed by atoms with Gasteiger partial charge in [0.1, 0.15) is 11.9 Å². The van der Waals surface area contributed by atoms with E-state index in [0.717, 1.165) is 28.9 Å². The van der Waals surface area contributed by atoms with Crippen LogP contribution in [0, 0.1) is 6.07 Å². The lowest BCUT2D eigenvalue weighted by molar-refractivity contribution is 0.414. The molecule has 0 aliphatic heterocycles. The molecule has 0 saturated carbocycles. The van der Waals surface area contributed by atoms with Crippen LogP contribution in [0.15, 0.2) is 66.9 Å². The van der Waals surface area contributed by atoms with Crippen molar-refractivity contribution in [2.45, 2.75) is 13.0 Å². The van der Waals surface area contributed by atoms with Crippen molar-refractivity contribution in [3.8, 4) is 11.8 Å². The van der Waals surface area contributed by atoms with E-state index in [-0.39, 0.29) is 5.11 Å². The van der Waals surface area contributed by atoms with Crippen LogP contribution in [0.3, 0.4) is 0 Å². The smallest absolute Gasteiger partial charge is 0.429 e. The number of hydrogen-bond acceptors (Lipinski definition) is 3. The number of methoxy groups -OCH3 is 1. The highest BCUT2D eigenvalue weighted by Gasteiger charge is 2.12. The van der Waals surface area contributed by atoms with Crippen LogP contribution in [0.5, 0.6) is 5.75 Å². The highest BCUT2D eigenvalue weighted by atomic mass is 32.1. The molecule has 0 saturated heterocycles. The second kappa shape index (κ2) is 9.49. The van der Waals surface area contributed by atoms with Crippen LogP contribution in [-0.4, -0.2) is 17.2 Å². The summed E-state index contributed by atoms with van der Waals surface area (Å²) in [6, 6.07) is 22.9. The van der Waals surface area contributed by atoms with E-state index in [1.807, 2.05) is 60.7 Å². The molecule has 3 rings (SSSR count). The van der Waals surface area contributed by atoms with Crippen molar-refractivity contribution in [2.24, 2.45) is 5.73 Å². The first-order valence-electron chi connectivity index (χ1n) is 8.80. The van der Waals surface area contributed by atoms with Gasteiger partial charge in [0.25, 0.3) is 0 Å². The summed E-state index contributed by atoms with van der Waals surface area (Å²) in [7, 11) is 1.66. The van der Waals surface area contributed by atoms with Gasteiger partial charge in [-0.05, 0) is 64.7 Å². The highest BCUT2D eigenvalue weighted by Crippen LogP contribution is 2.21. The number of nitrogens with zero attached hydrogens (tertiary/aromatic N) is 2. The van der Waals surface area contributed by atoms with E-state index in [9.17, 15) is 0 Å². The lowest BCUT2D eigenvalue weighted by Crippen LogP contribution is -2.28. The molecule has 28 heavy (non-hydrogen) atoms. The van der Waals surface area contributed by atoms with Gasteiger partial charge in [-0.3, -0.25) is 0 Å². The first kappa shape index (κ1) is 19.3. The predicted molar refractivity (Wildman–Crippen MR) is 116 cm³/mol. The third kappa shape index (κ3) is 5.53. The van der Waals surface area contributed by atoms with Gasteiger partial charge in [0.05, 0.1) is 18.2 Å². The number of nitrogens with one attached hydrogen (secondary N) is 1. The minimum atomic E-state index is 0.289. The quantitative estimate of drug-likeness (QED) is 0.645. The van der Waals surface area contributed by atoms with E-state index >= 15 is 0 Å². The van der Waals surface area contributed by atoms with Gasteiger partial charge >= 0.3 is 5.82 Å². The maximum absolute atomic E-state index is 5.45. The summed E-state index contributed by atoms with van der Waals surface area (Å²) < 4.78 is 5.21. The first-order valence-corrected chi connectivity index (χ1v) is 9.20. The van der Waals surface area contributed by atoms with E-state index in [4.69, 9.17) is 22.7 Å². The summed E-state index contributed by atoms with van der Waals surface area (Å²) in [5, 5.41) is 3.21. The van der Waals surface area contributed by atoms with E-state index < -0.39 is 0 Å². The molecule has 0 amide bonds. The Bertz CT molecular complexity index is 1010. The molecule has 0 bridgehead atoms. The van der Waals surface area contributed by atoms with E-state index in [1.54, 1.807) is 13.3 Å². The maximum atomic E-state index is 5.45. The van der Waals surface area contributed by atoms with E-state index in [1.165, 1.54) is 5.56 Å². The SMILES string of the molecule is COc1ccc(Cc2cccnc2[N+]#Cc2ccc(CNC(N)=S)cc2)cc1. The molecular weight excluding hydrogens is 368 g/mol. The summed E-state index contributed by atoms with van der Waals surface area (Å²) in [5.41, 5.74) is 9.61. The van der Waals surface area contributed by atoms with Crippen LogP contribution in [0.2, 0.25) is 0 Å². The number of hydrogen-bond donors (Lipinski definition) is 2. The lowest BCUT2D eigenvalue weighted by Gasteiger charge is -2.03. The molecule has 3 aromatic rings. The van der Waals surface area contributed by atoms with Gasteiger partial charge in [-0.1, -0.05) is 24.3 Å². The van der Waals surface area contributed by atoms with Gasteiger partial charge in [-0.2, -0.15) is 0 Å². The van der Waals surface area contributed by atoms with Crippen molar-refractivity contribution < 1.29 is 4.74 Å². The lowest BCUT2D eigenvalue weighted by atomic mass is 10.1. The first-order chi connectivity index (χ1) is 13.6. The average Bonchev–Trinajstić information content (AvgIpc) is 2.73. The molecule has 140 valence electrons. The molecule has 0 atom stereocenters. The van der Waals surface area contributed by atoms with Crippen LogP contribution in [0.25, 0.3) is 4.85 Å². The van der Waals surface area contributed by atoms with Gasteiger partial charge in [0.15, 0.2) is 11.2 Å². The Labute approximate surface area is 170 Å². The Morgan fingerprint density at radius 3 is 2.50 bits per heavy atom. The zero-order valence-electron chi connectivity index (χ0n) is 15.6. The molecule has 0 aliphatic carbocycles. The zero-order chi connectivity index (χ0) is 19.8. The third-order valence-corrected chi connectivity index (χ3v) is 4.28. The fourth-order valence-corrected chi connectivity index (χ4v) is 2.71. The van der Waals surface area contributed by atoms with Crippen LogP contribution in [0.1, 0.15) is 22.3 Å². The number of benzene rings is 2. The summed E-state index contributed by atoms with van der Waals surface area (Å²) in [5.74, 6) is 1.51. The number of aromatic nitrogens is 1. The summed E-state index contributed by atoms with van der Waals surface area (Å²) in [4.78, 5) is 8.87. The van der Waals surface area contributed by atoms with Gasteiger partial charge in [-0.25, -0.2) is 0 Å². The summed E-state index contributed by atoms with van der Waals surface area (Å²) in [6.07, 6.45) is 2.48. The molecule has 3 N–H and O–H groups in total. The van der Waals surface area contributed by atoms with Crippen molar-refractivity contribution in [3.05, 3.63) is 94.0 Å². The van der Waals surface area contributed by atoms with Gasteiger partial charge in [0, 0.05) is 13.0 Å². The number of thiocarbonyl (C=S) groups is 1. The Morgan fingerprint density at radius 2 is 1.82 bits per heavy atom. The highest BCUT2D eigenvalue weighted by molar-refractivity contribution is 7.80. The largest absolute Gasteiger partial charge is 0.497 e. The number of rotatable bonds is 5. The summed E-state index contributed by atoms with van der Waals surface area (Å²) in [6.45, 7) is 0.596. The van der Waals surface area contributed by atoms with Crippen molar-refractivity contribution in [3.63, 3.8) is 0 Å². The van der Waals surface area contributed by atoms with Crippen LogP contribution < -0.4 is 15.8 Å². The zero-order valence-corrected chi connectivity index (χ0v) is 16.4. The number of ether oxygens (including phenoxy) is 1. The van der Waals surface area contributed by atoms with Crippen LogP contribution in [0.4, 0.5) is 5.82 Å². The molecule has 2 aromatic carbocycles. The fraction of sp³-hybridized carbons (Fsp3) is 0.136. The second-order valence-corrected chi connectivity index (χ2v) is 6.59. The van der Waals surface area contributed by atoms with Gasteiger partial charge in [-0.15, -0.1) is 4.85 Å². The summed E-state index contributed by atoms with van der Waals surface area (Å²) >= 11 is 4.81. The number of pyridine rings is 1. The minimum Gasteiger partial charge on any atom is -0.497 e. The monoisotopic (exact) mass is 389 g/mol. The number of nitrogens with two attached hydrogens (primary N) is 1. The Morgan fingerprint density at radius 1 is 1.11 bits per heavy atom.